The number of aryl methyl sites for hydroxylation is 1. The van der Waals surface area contributed by atoms with Gasteiger partial charge in [-0.25, -0.2) is 0 Å². The van der Waals surface area contributed by atoms with Crippen molar-refractivity contribution in [1.29, 1.82) is 0 Å². The molecule has 3 heteroatoms. The van der Waals surface area contributed by atoms with Gasteiger partial charge in [0.1, 0.15) is 0 Å². The number of hydrogen-bond acceptors (Lipinski definition) is 2. The lowest BCUT2D eigenvalue weighted by Gasteiger charge is -2.24. The van der Waals surface area contributed by atoms with Crippen molar-refractivity contribution >= 4 is 10.9 Å². The van der Waals surface area contributed by atoms with Crippen molar-refractivity contribution in [3.63, 3.8) is 0 Å². The van der Waals surface area contributed by atoms with Gasteiger partial charge in [0.15, 0.2) is 0 Å². The molecule has 4 atom stereocenters. The van der Waals surface area contributed by atoms with Gasteiger partial charge in [-0.1, -0.05) is 54.4 Å². The van der Waals surface area contributed by atoms with Crippen molar-refractivity contribution < 1.29 is 0 Å². The van der Waals surface area contributed by atoms with Gasteiger partial charge >= 0.3 is 0 Å². The third-order valence-electron chi connectivity index (χ3n) is 7.82. The first-order valence-corrected chi connectivity index (χ1v) is 12.3. The van der Waals surface area contributed by atoms with Crippen molar-refractivity contribution in [3.05, 3.63) is 71.4 Å². The van der Waals surface area contributed by atoms with Crippen molar-refractivity contribution in [2.75, 3.05) is 19.6 Å². The molecule has 2 aliphatic carbocycles. The Kier molecular flexibility index (Phi) is 6.15. The van der Waals surface area contributed by atoms with Crippen LogP contribution in [0.4, 0.5) is 0 Å². The van der Waals surface area contributed by atoms with E-state index < -0.39 is 0 Å². The molecule has 0 radical (unpaired) electrons. The van der Waals surface area contributed by atoms with Gasteiger partial charge in [-0.05, 0) is 87.7 Å². The van der Waals surface area contributed by atoms with Crippen LogP contribution in [0.25, 0.3) is 10.9 Å². The number of para-hydroxylation sites is 1. The molecule has 0 aliphatic heterocycles. The summed E-state index contributed by atoms with van der Waals surface area (Å²) in [6, 6.07) is 18.9. The monoisotopic (exact) mass is 415 g/mol. The normalized spacial score (nSPS) is 23.6. The average molecular weight is 416 g/mol. The standard InChI is InChI=1S/C28H37N3/c1-20-6-4-7-22(16-20)24(12-15-30-14-5-13-29)26-19-31(27-9-3-2-8-25(26)27)28-18-21-10-11-23(28)17-21/h2-4,6-9,16,19,21,23-24,28,30H,5,10-15,17-18,29H2,1H3. The molecule has 3 N–H and O–H groups in total. The van der Waals surface area contributed by atoms with Crippen LogP contribution in [0.5, 0.6) is 0 Å². The average Bonchev–Trinajstić information content (AvgIpc) is 3.51. The van der Waals surface area contributed by atoms with E-state index in [1.54, 1.807) is 0 Å². The van der Waals surface area contributed by atoms with E-state index in [0.717, 1.165) is 44.3 Å². The van der Waals surface area contributed by atoms with Gasteiger partial charge in [0, 0.05) is 29.1 Å². The van der Waals surface area contributed by atoms with Crippen LogP contribution in [0.15, 0.2) is 54.7 Å². The Morgan fingerprint density at radius 1 is 1.06 bits per heavy atom. The maximum absolute atomic E-state index is 5.68. The van der Waals surface area contributed by atoms with Crippen LogP contribution >= 0.6 is 0 Å². The maximum Gasteiger partial charge on any atom is 0.0486 e. The highest BCUT2D eigenvalue weighted by Gasteiger charge is 2.41. The molecule has 0 saturated heterocycles. The second-order valence-corrected chi connectivity index (χ2v) is 9.90. The first-order valence-electron chi connectivity index (χ1n) is 12.3. The molecule has 2 bridgehead atoms. The third kappa shape index (κ3) is 4.18. The van der Waals surface area contributed by atoms with Gasteiger partial charge in [0.05, 0.1) is 0 Å². The quantitative estimate of drug-likeness (QED) is 0.436. The Morgan fingerprint density at radius 3 is 2.74 bits per heavy atom. The minimum absolute atomic E-state index is 0.412. The fourth-order valence-electron chi connectivity index (χ4n) is 6.32. The number of nitrogens with two attached hydrogens (primary N) is 1. The lowest BCUT2D eigenvalue weighted by atomic mass is 9.87. The zero-order chi connectivity index (χ0) is 21.2. The van der Waals surface area contributed by atoms with Gasteiger partial charge in [-0.15, -0.1) is 0 Å². The predicted octanol–water partition coefficient (Wildman–Crippen LogP) is 5.77. The minimum atomic E-state index is 0.412. The largest absolute Gasteiger partial charge is 0.344 e. The molecule has 164 valence electrons. The van der Waals surface area contributed by atoms with Gasteiger partial charge in [0.25, 0.3) is 0 Å². The third-order valence-corrected chi connectivity index (χ3v) is 7.82. The fraction of sp³-hybridized carbons (Fsp3) is 0.500. The molecule has 1 aromatic heterocycles. The van der Waals surface area contributed by atoms with E-state index >= 15 is 0 Å². The van der Waals surface area contributed by atoms with Gasteiger partial charge in [-0.2, -0.15) is 0 Å². The van der Waals surface area contributed by atoms with Gasteiger partial charge in [-0.3, -0.25) is 0 Å². The lowest BCUT2D eigenvalue weighted by Crippen LogP contribution is -2.21. The van der Waals surface area contributed by atoms with Crippen LogP contribution in [-0.4, -0.2) is 24.2 Å². The second-order valence-electron chi connectivity index (χ2n) is 9.90. The van der Waals surface area contributed by atoms with Gasteiger partial charge in [0.2, 0.25) is 0 Å². The van der Waals surface area contributed by atoms with E-state index in [1.807, 2.05) is 0 Å². The summed E-state index contributed by atoms with van der Waals surface area (Å²) in [5, 5.41) is 5.06. The molecule has 1 heterocycles. The Bertz CT molecular complexity index is 1020. The first kappa shape index (κ1) is 20.8. The summed E-state index contributed by atoms with van der Waals surface area (Å²) in [6.45, 7) is 4.99. The molecule has 2 saturated carbocycles. The maximum atomic E-state index is 5.68. The van der Waals surface area contributed by atoms with Crippen LogP contribution in [0.3, 0.4) is 0 Å². The summed E-state index contributed by atoms with van der Waals surface area (Å²) >= 11 is 0. The van der Waals surface area contributed by atoms with Crippen LogP contribution in [0, 0.1) is 18.8 Å². The predicted molar refractivity (Wildman–Crippen MR) is 131 cm³/mol. The zero-order valence-corrected chi connectivity index (χ0v) is 18.9. The number of hydrogen-bond donors (Lipinski definition) is 2. The Balaban J connectivity index is 1.51. The highest BCUT2D eigenvalue weighted by atomic mass is 15.0. The number of benzene rings is 2. The topological polar surface area (TPSA) is 43.0 Å². The molecule has 3 aromatic rings. The SMILES string of the molecule is Cc1cccc(C(CCNCCCN)c2cn(C3CC4CCC3C4)c3ccccc23)c1. The summed E-state index contributed by atoms with van der Waals surface area (Å²) in [4.78, 5) is 0. The summed E-state index contributed by atoms with van der Waals surface area (Å²) in [7, 11) is 0. The Hall–Kier alpha value is -2.10. The summed E-state index contributed by atoms with van der Waals surface area (Å²) in [5.74, 6) is 2.25. The number of nitrogens with zero attached hydrogens (tertiary/aromatic N) is 1. The highest BCUT2D eigenvalue weighted by Crippen LogP contribution is 2.52. The first-order chi connectivity index (χ1) is 15.2. The molecule has 2 aromatic carbocycles. The van der Waals surface area contributed by atoms with Crippen molar-refractivity contribution in [2.24, 2.45) is 17.6 Å². The van der Waals surface area contributed by atoms with Crippen LogP contribution in [0.1, 0.15) is 67.2 Å². The van der Waals surface area contributed by atoms with E-state index in [9.17, 15) is 0 Å². The van der Waals surface area contributed by atoms with Crippen LogP contribution < -0.4 is 11.1 Å². The fourth-order valence-corrected chi connectivity index (χ4v) is 6.32. The Labute approximate surface area is 187 Å². The molecular formula is C28H37N3. The minimum Gasteiger partial charge on any atom is -0.344 e. The molecule has 5 rings (SSSR count). The smallest absolute Gasteiger partial charge is 0.0486 e. The van der Waals surface area contributed by atoms with E-state index in [4.69, 9.17) is 5.73 Å². The van der Waals surface area contributed by atoms with Crippen molar-refractivity contribution in [3.8, 4) is 0 Å². The molecule has 0 spiro atoms. The molecule has 3 nitrogen and oxygen atoms in total. The van der Waals surface area contributed by atoms with E-state index in [-0.39, 0.29) is 0 Å². The van der Waals surface area contributed by atoms with Crippen molar-refractivity contribution in [2.45, 2.75) is 57.4 Å². The van der Waals surface area contributed by atoms with E-state index in [2.05, 4.69) is 71.5 Å². The zero-order valence-electron chi connectivity index (χ0n) is 18.9. The van der Waals surface area contributed by atoms with Gasteiger partial charge < -0.3 is 15.6 Å². The molecule has 0 amide bonds. The molecule has 31 heavy (non-hydrogen) atoms. The molecule has 4 unspecified atom stereocenters. The molecule has 2 aliphatic rings. The number of rotatable bonds is 9. The van der Waals surface area contributed by atoms with Crippen LogP contribution in [-0.2, 0) is 0 Å². The number of fused-ring (bicyclic) bond motifs is 3. The van der Waals surface area contributed by atoms with Crippen molar-refractivity contribution in [1.82, 2.24) is 9.88 Å². The molecule has 2 fully saturated rings. The number of aromatic nitrogens is 1. The summed E-state index contributed by atoms with van der Waals surface area (Å²) in [6.07, 6.45) is 10.4. The second kappa shape index (κ2) is 9.18. The lowest BCUT2D eigenvalue weighted by molar-refractivity contribution is 0.336. The molecular weight excluding hydrogens is 378 g/mol. The summed E-state index contributed by atoms with van der Waals surface area (Å²) in [5.41, 5.74) is 11.4. The van der Waals surface area contributed by atoms with Crippen LogP contribution in [0.2, 0.25) is 0 Å². The van der Waals surface area contributed by atoms with E-state index in [1.165, 1.54) is 53.3 Å². The summed E-state index contributed by atoms with van der Waals surface area (Å²) < 4.78 is 2.67. The Morgan fingerprint density at radius 2 is 1.97 bits per heavy atom. The van der Waals surface area contributed by atoms with E-state index in [0.29, 0.717) is 12.0 Å². The highest BCUT2D eigenvalue weighted by molar-refractivity contribution is 5.85. The number of nitrogens with one attached hydrogen (secondary N) is 1.